The zero-order valence-electron chi connectivity index (χ0n) is 16.1. The minimum atomic E-state index is -4.36. The lowest BCUT2D eigenvalue weighted by atomic mass is 9.91. The first-order chi connectivity index (χ1) is 14.0. The first-order valence-electron chi connectivity index (χ1n) is 9.99. The average Bonchev–Trinajstić information content (AvgIpc) is 3.36. The van der Waals surface area contributed by atoms with Gasteiger partial charge in [0.15, 0.2) is 0 Å². The van der Waals surface area contributed by atoms with Gasteiger partial charge in [0.1, 0.15) is 12.4 Å². The van der Waals surface area contributed by atoms with Gasteiger partial charge in [-0.05, 0) is 66.1 Å². The zero-order chi connectivity index (χ0) is 20.4. The maximum absolute atomic E-state index is 13.6. The van der Waals surface area contributed by atoms with Crippen LogP contribution in [0.5, 0.6) is 5.75 Å². The van der Waals surface area contributed by atoms with E-state index in [2.05, 4.69) is 4.98 Å². The van der Waals surface area contributed by atoms with Gasteiger partial charge in [-0.2, -0.15) is 13.2 Å². The van der Waals surface area contributed by atoms with Gasteiger partial charge in [0, 0.05) is 23.7 Å². The Morgan fingerprint density at radius 1 is 1.07 bits per heavy atom. The van der Waals surface area contributed by atoms with Crippen LogP contribution in [0.3, 0.4) is 0 Å². The van der Waals surface area contributed by atoms with E-state index in [0.717, 1.165) is 42.1 Å². The van der Waals surface area contributed by atoms with Gasteiger partial charge in [0.05, 0.1) is 5.56 Å². The van der Waals surface area contributed by atoms with Crippen molar-refractivity contribution >= 4 is 10.9 Å². The van der Waals surface area contributed by atoms with Crippen molar-refractivity contribution in [1.29, 1.82) is 0 Å². The summed E-state index contributed by atoms with van der Waals surface area (Å²) < 4.78 is 46.7. The molecule has 1 heterocycles. The second kappa shape index (κ2) is 8.11. The number of H-pyrrole nitrogens is 1. The van der Waals surface area contributed by atoms with E-state index in [1.807, 2.05) is 18.3 Å². The summed E-state index contributed by atoms with van der Waals surface area (Å²) in [6, 6.07) is 10.1. The molecule has 0 spiro atoms. The van der Waals surface area contributed by atoms with Crippen LogP contribution in [0.2, 0.25) is 0 Å². The van der Waals surface area contributed by atoms with E-state index in [-0.39, 0.29) is 19.1 Å². The van der Waals surface area contributed by atoms with E-state index >= 15 is 0 Å². The van der Waals surface area contributed by atoms with Crippen LogP contribution in [-0.2, 0) is 19.2 Å². The van der Waals surface area contributed by atoms with Crippen LogP contribution in [0.25, 0.3) is 10.9 Å². The quantitative estimate of drug-likeness (QED) is 0.534. The number of aromatic amines is 1. The number of aromatic nitrogens is 1. The SMILES string of the molecule is OCCc1c[nH]c2ccc(OCc3ccc(C4CCCC4)c(C(F)(F)F)c3)cc12. The molecular formula is C23H24F3NO2. The van der Waals surface area contributed by atoms with Crippen molar-refractivity contribution < 1.29 is 23.0 Å². The fraction of sp³-hybridized carbons (Fsp3) is 0.391. The zero-order valence-corrected chi connectivity index (χ0v) is 16.1. The summed E-state index contributed by atoms with van der Waals surface area (Å²) in [6.07, 6.45) is 1.65. The summed E-state index contributed by atoms with van der Waals surface area (Å²) >= 11 is 0. The predicted octanol–water partition coefficient (Wildman–Crippen LogP) is 5.96. The summed E-state index contributed by atoms with van der Waals surface area (Å²) in [5, 5.41) is 10.1. The molecular weight excluding hydrogens is 379 g/mol. The molecule has 4 rings (SSSR count). The van der Waals surface area contributed by atoms with Crippen LogP contribution in [0.4, 0.5) is 13.2 Å². The number of fused-ring (bicyclic) bond motifs is 1. The Balaban J connectivity index is 1.55. The molecule has 2 aromatic carbocycles. The van der Waals surface area contributed by atoms with Gasteiger partial charge in [-0.25, -0.2) is 0 Å². The number of hydrogen-bond acceptors (Lipinski definition) is 2. The lowest BCUT2D eigenvalue weighted by Gasteiger charge is -2.19. The molecule has 154 valence electrons. The fourth-order valence-electron chi connectivity index (χ4n) is 4.27. The van der Waals surface area contributed by atoms with Gasteiger partial charge in [0.2, 0.25) is 0 Å². The highest BCUT2D eigenvalue weighted by atomic mass is 19.4. The highest BCUT2D eigenvalue weighted by Crippen LogP contribution is 2.42. The molecule has 0 atom stereocenters. The van der Waals surface area contributed by atoms with Crippen LogP contribution in [0, 0.1) is 0 Å². The molecule has 0 unspecified atom stereocenters. The lowest BCUT2D eigenvalue weighted by molar-refractivity contribution is -0.138. The first-order valence-corrected chi connectivity index (χ1v) is 9.99. The van der Waals surface area contributed by atoms with Crippen molar-refractivity contribution in [2.75, 3.05) is 6.61 Å². The summed E-state index contributed by atoms with van der Waals surface area (Å²) in [6.45, 7) is 0.116. The Labute approximate surface area is 167 Å². The number of rotatable bonds is 6. The standard InChI is InChI=1S/C23H24F3NO2/c24-23(25,26)21-11-15(5-7-19(21)16-3-1-2-4-16)14-29-18-6-8-22-20(12-18)17(9-10-28)13-27-22/h5-8,11-13,16,27-28H,1-4,9-10,14H2. The van der Waals surface area contributed by atoms with Gasteiger partial charge in [-0.1, -0.05) is 25.0 Å². The van der Waals surface area contributed by atoms with E-state index in [1.165, 1.54) is 6.07 Å². The van der Waals surface area contributed by atoms with Crippen LogP contribution in [-0.4, -0.2) is 16.7 Å². The second-order valence-corrected chi connectivity index (χ2v) is 7.68. The molecule has 0 amide bonds. The van der Waals surface area contributed by atoms with E-state index in [0.29, 0.717) is 23.3 Å². The molecule has 3 nitrogen and oxygen atoms in total. The third kappa shape index (κ3) is 4.27. The van der Waals surface area contributed by atoms with Crippen molar-refractivity contribution in [2.24, 2.45) is 0 Å². The molecule has 1 saturated carbocycles. The summed E-state index contributed by atoms with van der Waals surface area (Å²) in [5.74, 6) is 0.590. The van der Waals surface area contributed by atoms with Crippen LogP contribution in [0.15, 0.2) is 42.6 Å². The Hall–Kier alpha value is -2.47. The number of ether oxygens (including phenoxy) is 1. The highest BCUT2D eigenvalue weighted by Gasteiger charge is 2.36. The third-order valence-electron chi connectivity index (χ3n) is 5.74. The second-order valence-electron chi connectivity index (χ2n) is 7.68. The molecule has 6 heteroatoms. The van der Waals surface area contributed by atoms with Crippen molar-refractivity contribution in [3.8, 4) is 5.75 Å². The Kier molecular flexibility index (Phi) is 5.54. The summed E-state index contributed by atoms with van der Waals surface area (Å²) in [5.41, 5.74) is 2.30. The molecule has 1 fully saturated rings. The highest BCUT2D eigenvalue weighted by molar-refractivity contribution is 5.84. The Morgan fingerprint density at radius 2 is 1.86 bits per heavy atom. The van der Waals surface area contributed by atoms with E-state index in [9.17, 15) is 18.3 Å². The number of alkyl halides is 3. The number of halogens is 3. The van der Waals surface area contributed by atoms with Crippen LogP contribution < -0.4 is 4.74 Å². The normalized spacial score (nSPS) is 15.3. The molecule has 1 aliphatic rings. The molecule has 0 radical (unpaired) electrons. The van der Waals surface area contributed by atoms with E-state index in [4.69, 9.17) is 4.74 Å². The van der Waals surface area contributed by atoms with Crippen molar-refractivity contribution in [2.45, 2.75) is 50.8 Å². The van der Waals surface area contributed by atoms with Gasteiger partial charge < -0.3 is 14.8 Å². The van der Waals surface area contributed by atoms with Gasteiger partial charge >= 0.3 is 6.18 Å². The van der Waals surface area contributed by atoms with Crippen molar-refractivity contribution in [3.63, 3.8) is 0 Å². The molecule has 3 aromatic rings. The molecule has 0 aliphatic heterocycles. The molecule has 0 bridgehead atoms. The topological polar surface area (TPSA) is 45.2 Å². The lowest BCUT2D eigenvalue weighted by Crippen LogP contribution is -2.12. The summed E-state index contributed by atoms with van der Waals surface area (Å²) in [4.78, 5) is 3.14. The van der Waals surface area contributed by atoms with Gasteiger partial charge in [-0.15, -0.1) is 0 Å². The minimum absolute atomic E-state index is 0.00235. The number of hydrogen-bond donors (Lipinski definition) is 2. The van der Waals surface area contributed by atoms with E-state index < -0.39 is 11.7 Å². The minimum Gasteiger partial charge on any atom is -0.489 e. The molecule has 29 heavy (non-hydrogen) atoms. The number of aliphatic hydroxyl groups excluding tert-OH is 1. The number of nitrogens with one attached hydrogen (secondary N) is 1. The predicted molar refractivity (Wildman–Crippen MR) is 106 cm³/mol. The monoisotopic (exact) mass is 403 g/mol. The fourth-order valence-corrected chi connectivity index (χ4v) is 4.27. The van der Waals surface area contributed by atoms with Gasteiger partial charge in [0.25, 0.3) is 0 Å². The smallest absolute Gasteiger partial charge is 0.416 e. The van der Waals surface area contributed by atoms with Crippen molar-refractivity contribution in [3.05, 3.63) is 64.8 Å². The Bertz CT molecular complexity index is 987. The maximum Gasteiger partial charge on any atom is 0.416 e. The van der Waals surface area contributed by atoms with E-state index in [1.54, 1.807) is 18.2 Å². The maximum atomic E-state index is 13.6. The summed E-state index contributed by atoms with van der Waals surface area (Å²) in [7, 11) is 0. The number of benzene rings is 2. The van der Waals surface area contributed by atoms with Crippen molar-refractivity contribution in [1.82, 2.24) is 4.98 Å². The largest absolute Gasteiger partial charge is 0.489 e. The number of aliphatic hydroxyl groups is 1. The third-order valence-corrected chi connectivity index (χ3v) is 5.74. The average molecular weight is 403 g/mol. The molecule has 1 aromatic heterocycles. The first kappa shape index (κ1) is 19.8. The van der Waals surface area contributed by atoms with Crippen LogP contribution in [0.1, 0.15) is 53.9 Å². The Morgan fingerprint density at radius 3 is 2.59 bits per heavy atom. The molecule has 0 saturated heterocycles. The van der Waals surface area contributed by atoms with Gasteiger partial charge in [-0.3, -0.25) is 0 Å². The molecule has 2 N–H and O–H groups in total. The molecule has 1 aliphatic carbocycles. The van der Waals surface area contributed by atoms with Crippen LogP contribution >= 0.6 is 0 Å².